The molecule has 0 unspecified atom stereocenters. The number of hydrogen-bond donors (Lipinski definition) is 0. The summed E-state index contributed by atoms with van der Waals surface area (Å²) in [6.45, 7) is 0. The van der Waals surface area contributed by atoms with Gasteiger partial charge in [-0.3, -0.25) is 4.98 Å². The van der Waals surface area contributed by atoms with Crippen LogP contribution in [0.2, 0.25) is 5.15 Å². The SMILES string of the molecule is Clc1nc(-c2ccncc2)nc2sc3c(c12)CCC3. The molecule has 0 N–H and O–H groups in total. The summed E-state index contributed by atoms with van der Waals surface area (Å²) >= 11 is 8.14. The molecule has 0 atom stereocenters. The quantitative estimate of drug-likeness (QED) is 0.637. The van der Waals surface area contributed by atoms with Gasteiger partial charge in [0.15, 0.2) is 5.82 Å². The van der Waals surface area contributed by atoms with Gasteiger partial charge in [-0.25, -0.2) is 9.97 Å². The molecule has 0 amide bonds. The number of pyridine rings is 1. The monoisotopic (exact) mass is 287 g/mol. The molecule has 0 radical (unpaired) electrons. The lowest BCUT2D eigenvalue weighted by Crippen LogP contribution is -1.91. The van der Waals surface area contributed by atoms with E-state index >= 15 is 0 Å². The van der Waals surface area contributed by atoms with Crippen molar-refractivity contribution >= 4 is 33.2 Å². The smallest absolute Gasteiger partial charge is 0.162 e. The highest BCUT2D eigenvalue weighted by Gasteiger charge is 2.21. The number of aryl methyl sites for hydroxylation is 2. The van der Waals surface area contributed by atoms with Gasteiger partial charge in [-0.15, -0.1) is 11.3 Å². The Morgan fingerprint density at radius 2 is 1.95 bits per heavy atom. The van der Waals surface area contributed by atoms with Crippen LogP contribution in [0.25, 0.3) is 21.6 Å². The predicted molar refractivity (Wildman–Crippen MR) is 77.7 cm³/mol. The van der Waals surface area contributed by atoms with Gasteiger partial charge in [-0.1, -0.05) is 11.6 Å². The fourth-order valence-electron chi connectivity index (χ4n) is 2.58. The predicted octanol–water partition coefficient (Wildman–Crippen LogP) is 3.90. The molecule has 3 aromatic rings. The molecule has 0 fully saturated rings. The van der Waals surface area contributed by atoms with E-state index in [1.807, 2.05) is 12.1 Å². The third-order valence-electron chi connectivity index (χ3n) is 3.46. The van der Waals surface area contributed by atoms with E-state index in [9.17, 15) is 0 Å². The van der Waals surface area contributed by atoms with E-state index in [0.717, 1.165) is 28.6 Å². The Morgan fingerprint density at radius 3 is 2.79 bits per heavy atom. The van der Waals surface area contributed by atoms with E-state index in [0.29, 0.717) is 11.0 Å². The molecule has 3 heterocycles. The van der Waals surface area contributed by atoms with Gasteiger partial charge in [0.25, 0.3) is 0 Å². The third kappa shape index (κ3) is 1.75. The largest absolute Gasteiger partial charge is 0.265 e. The van der Waals surface area contributed by atoms with E-state index < -0.39 is 0 Å². The Kier molecular flexibility index (Phi) is 2.53. The van der Waals surface area contributed by atoms with Gasteiger partial charge >= 0.3 is 0 Å². The van der Waals surface area contributed by atoms with Crippen LogP contribution in [0.1, 0.15) is 16.9 Å². The zero-order chi connectivity index (χ0) is 12.8. The molecule has 1 aliphatic rings. The number of aromatic nitrogens is 3. The van der Waals surface area contributed by atoms with E-state index in [1.54, 1.807) is 23.7 Å². The summed E-state index contributed by atoms with van der Waals surface area (Å²) in [7, 11) is 0. The van der Waals surface area contributed by atoms with E-state index in [2.05, 4.69) is 15.0 Å². The van der Waals surface area contributed by atoms with Crippen LogP contribution in [0.15, 0.2) is 24.5 Å². The van der Waals surface area contributed by atoms with Crippen molar-refractivity contribution in [3.05, 3.63) is 40.1 Å². The molecule has 5 heteroatoms. The molecule has 1 aliphatic carbocycles. The first kappa shape index (κ1) is 11.3. The number of hydrogen-bond acceptors (Lipinski definition) is 4. The summed E-state index contributed by atoms with van der Waals surface area (Å²) in [4.78, 5) is 15.6. The van der Waals surface area contributed by atoms with Crippen LogP contribution in [-0.4, -0.2) is 15.0 Å². The Hall–Kier alpha value is -1.52. The molecule has 3 nitrogen and oxygen atoms in total. The maximum atomic E-state index is 6.38. The van der Waals surface area contributed by atoms with Crippen molar-refractivity contribution in [2.45, 2.75) is 19.3 Å². The summed E-state index contributed by atoms with van der Waals surface area (Å²) in [5.41, 5.74) is 2.32. The minimum atomic E-state index is 0.580. The molecule has 4 rings (SSSR count). The topological polar surface area (TPSA) is 38.7 Å². The highest BCUT2D eigenvalue weighted by molar-refractivity contribution is 7.19. The first-order valence-electron chi connectivity index (χ1n) is 6.21. The second-order valence-corrected chi connectivity index (χ2v) is 6.05. The summed E-state index contributed by atoms with van der Waals surface area (Å²) < 4.78 is 0. The first-order valence-corrected chi connectivity index (χ1v) is 7.40. The Morgan fingerprint density at radius 1 is 1.11 bits per heavy atom. The number of nitrogens with zero attached hydrogens (tertiary/aromatic N) is 3. The van der Waals surface area contributed by atoms with Crippen molar-refractivity contribution in [1.29, 1.82) is 0 Å². The molecule has 19 heavy (non-hydrogen) atoms. The second-order valence-electron chi connectivity index (χ2n) is 4.61. The van der Waals surface area contributed by atoms with Gasteiger partial charge in [-0.05, 0) is 37.0 Å². The molecule has 94 valence electrons. The van der Waals surface area contributed by atoms with Gasteiger partial charge in [0.2, 0.25) is 0 Å². The van der Waals surface area contributed by atoms with Gasteiger partial charge < -0.3 is 0 Å². The molecular weight excluding hydrogens is 278 g/mol. The summed E-state index contributed by atoms with van der Waals surface area (Å²) in [5.74, 6) is 0.680. The van der Waals surface area contributed by atoms with E-state index in [4.69, 9.17) is 11.6 Å². The molecule has 0 aromatic carbocycles. The van der Waals surface area contributed by atoms with Gasteiger partial charge in [-0.2, -0.15) is 0 Å². The van der Waals surface area contributed by atoms with Crippen molar-refractivity contribution in [3.63, 3.8) is 0 Å². The highest BCUT2D eigenvalue weighted by Crippen LogP contribution is 2.39. The number of halogens is 1. The molecule has 0 aliphatic heterocycles. The second kappa shape index (κ2) is 4.25. The summed E-state index contributed by atoms with van der Waals surface area (Å²) in [5, 5.41) is 1.65. The number of rotatable bonds is 1. The summed E-state index contributed by atoms with van der Waals surface area (Å²) in [6, 6.07) is 3.80. The Balaban J connectivity index is 1.97. The van der Waals surface area contributed by atoms with Gasteiger partial charge in [0, 0.05) is 22.8 Å². The van der Waals surface area contributed by atoms with Crippen molar-refractivity contribution in [3.8, 4) is 11.4 Å². The van der Waals surface area contributed by atoms with Crippen LogP contribution in [-0.2, 0) is 12.8 Å². The lowest BCUT2D eigenvalue weighted by Gasteiger charge is -2.02. The Labute approximate surface area is 119 Å². The molecule has 0 bridgehead atoms. The van der Waals surface area contributed by atoms with Crippen molar-refractivity contribution in [2.75, 3.05) is 0 Å². The van der Waals surface area contributed by atoms with Crippen molar-refractivity contribution < 1.29 is 0 Å². The number of fused-ring (bicyclic) bond motifs is 3. The maximum absolute atomic E-state index is 6.38. The standard InChI is InChI=1S/C14H10ClN3S/c15-12-11-9-2-1-3-10(9)19-14(11)18-13(17-12)8-4-6-16-7-5-8/h4-7H,1-3H2. The number of thiophene rings is 1. The average molecular weight is 288 g/mol. The van der Waals surface area contributed by atoms with Crippen LogP contribution in [0, 0.1) is 0 Å². The minimum absolute atomic E-state index is 0.580. The van der Waals surface area contributed by atoms with Gasteiger partial charge in [0.1, 0.15) is 9.98 Å². The first-order chi connectivity index (χ1) is 9.33. The van der Waals surface area contributed by atoms with Gasteiger partial charge in [0.05, 0.1) is 5.39 Å². The zero-order valence-corrected chi connectivity index (χ0v) is 11.6. The van der Waals surface area contributed by atoms with Crippen molar-refractivity contribution in [2.24, 2.45) is 0 Å². The van der Waals surface area contributed by atoms with Crippen LogP contribution in [0.4, 0.5) is 0 Å². The summed E-state index contributed by atoms with van der Waals surface area (Å²) in [6.07, 6.45) is 6.96. The molecule has 3 aromatic heterocycles. The highest BCUT2D eigenvalue weighted by atomic mass is 35.5. The van der Waals surface area contributed by atoms with E-state index in [1.165, 1.54) is 16.9 Å². The fraction of sp³-hybridized carbons (Fsp3) is 0.214. The fourth-order valence-corrected chi connectivity index (χ4v) is 4.18. The lowest BCUT2D eigenvalue weighted by atomic mass is 10.2. The maximum Gasteiger partial charge on any atom is 0.162 e. The van der Waals surface area contributed by atoms with E-state index in [-0.39, 0.29) is 0 Å². The normalized spacial score (nSPS) is 13.9. The molecule has 0 saturated heterocycles. The third-order valence-corrected chi connectivity index (χ3v) is 4.92. The Bertz CT molecular complexity index is 767. The minimum Gasteiger partial charge on any atom is -0.265 e. The lowest BCUT2D eigenvalue weighted by molar-refractivity contribution is 0.917. The average Bonchev–Trinajstić information content (AvgIpc) is 2.99. The van der Waals surface area contributed by atoms with Crippen LogP contribution in [0.5, 0.6) is 0 Å². The molecular formula is C14H10ClN3S. The molecule has 0 saturated carbocycles. The van der Waals surface area contributed by atoms with Crippen LogP contribution < -0.4 is 0 Å². The molecule has 0 spiro atoms. The van der Waals surface area contributed by atoms with Crippen molar-refractivity contribution in [1.82, 2.24) is 15.0 Å². The van der Waals surface area contributed by atoms with Crippen LogP contribution >= 0.6 is 22.9 Å². The zero-order valence-electron chi connectivity index (χ0n) is 10.1. The van der Waals surface area contributed by atoms with Crippen LogP contribution in [0.3, 0.4) is 0 Å².